The van der Waals surface area contributed by atoms with E-state index >= 15 is 0 Å². The van der Waals surface area contributed by atoms with Gasteiger partial charge in [-0.3, -0.25) is 9.36 Å². The van der Waals surface area contributed by atoms with Gasteiger partial charge >= 0.3 is 5.97 Å². The molecule has 1 aliphatic rings. The van der Waals surface area contributed by atoms with Crippen molar-refractivity contribution in [3.8, 4) is 5.75 Å². The zero-order valence-corrected chi connectivity index (χ0v) is 24.8. The van der Waals surface area contributed by atoms with Crippen molar-refractivity contribution in [1.82, 2.24) is 9.13 Å². The third-order valence-corrected chi connectivity index (χ3v) is 8.30. The molecular formula is C30H30BrN3O4S. The van der Waals surface area contributed by atoms with Crippen LogP contribution >= 0.6 is 27.3 Å². The highest BCUT2D eigenvalue weighted by Gasteiger charge is 2.36. The third kappa shape index (κ3) is 4.89. The minimum absolute atomic E-state index is 0.212. The van der Waals surface area contributed by atoms with Gasteiger partial charge in [0.2, 0.25) is 0 Å². The quantitative estimate of drug-likeness (QED) is 0.254. The summed E-state index contributed by atoms with van der Waals surface area (Å²) in [6.45, 7) is 6.95. The predicted octanol–water partition coefficient (Wildman–Crippen LogP) is 5.32. The topological polar surface area (TPSA) is 74.8 Å². The normalized spacial score (nSPS) is 15.4. The van der Waals surface area contributed by atoms with Gasteiger partial charge in [0.15, 0.2) is 4.80 Å². The zero-order valence-electron chi connectivity index (χ0n) is 22.4. The van der Waals surface area contributed by atoms with E-state index in [0.717, 1.165) is 33.9 Å². The molecule has 0 saturated carbocycles. The Morgan fingerprint density at radius 1 is 1.18 bits per heavy atom. The summed E-state index contributed by atoms with van der Waals surface area (Å²) in [4.78, 5) is 33.0. The van der Waals surface area contributed by atoms with Crippen LogP contribution in [0.3, 0.4) is 0 Å². The number of rotatable bonds is 8. The van der Waals surface area contributed by atoms with Crippen LogP contribution in [0.5, 0.6) is 5.75 Å². The summed E-state index contributed by atoms with van der Waals surface area (Å²) in [5.41, 5.74) is 3.57. The molecule has 0 fully saturated rings. The minimum Gasteiger partial charge on any atom is -0.496 e. The van der Waals surface area contributed by atoms with Crippen molar-refractivity contribution in [2.24, 2.45) is 4.99 Å². The van der Waals surface area contributed by atoms with Crippen molar-refractivity contribution in [1.29, 1.82) is 0 Å². The summed E-state index contributed by atoms with van der Waals surface area (Å²) >= 11 is 4.90. The molecule has 0 amide bonds. The van der Waals surface area contributed by atoms with Gasteiger partial charge in [-0.1, -0.05) is 58.8 Å². The van der Waals surface area contributed by atoms with Crippen molar-refractivity contribution < 1.29 is 14.3 Å². The smallest absolute Gasteiger partial charge is 0.338 e. The molecule has 1 atom stereocenters. The average molecular weight is 609 g/mol. The molecule has 0 N–H and O–H groups in total. The number of ether oxygens (including phenoxy) is 2. The lowest BCUT2D eigenvalue weighted by Gasteiger charge is -2.27. The number of aryl methyl sites for hydroxylation is 1. The van der Waals surface area contributed by atoms with E-state index < -0.39 is 12.0 Å². The first-order valence-corrected chi connectivity index (χ1v) is 14.7. The Morgan fingerprint density at radius 2 is 1.97 bits per heavy atom. The van der Waals surface area contributed by atoms with Crippen LogP contribution in [0.25, 0.3) is 17.0 Å². The number of para-hydroxylation sites is 1. The Bertz CT molecular complexity index is 1780. The van der Waals surface area contributed by atoms with Crippen LogP contribution in [0.4, 0.5) is 0 Å². The second kappa shape index (κ2) is 11.4. The second-order valence-corrected chi connectivity index (χ2v) is 11.1. The standard InChI is InChI=1S/C30H30BrN3O4S/c1-5-10-22-26(29(36)38-7-3)27(21-16-19(31)13-14-24(21)37-4)34-28(35)25(39-30(34)32-22)15-18-17-33(6-2)23-12-9-8-11-20(18)23/h8-9,11-17,27H,5-7,10H2,1-4H3/b25-15+/t27-/m1/s1. The number of halogens is 1. The molecule has 3 heterocycles. The highest BCUT2D eigenvalue weighted by Crippen LogP contribution is 2.38. The van der Waals surface area contributed by atoms with Crippen molar-refractivity contribution in [2.75, 3.05) is 13.7 Å². The molecule has 0 unspecified atom stereocenters. The molecule has 0 saturated heterocycles. The van der Waals surface area contributed by atoms with Crippen molar-refractivity contribution in [3.05, 3.63) is 95.2 Å². The number of carbonyl (C=O) groups excluding carboxylic acids is 1. The Labute approximate surface area is 238 Å². The van der Waals surface area contributed by atoms with Crippen LogP contribution < -0.4 is 19.6 Å². The first kappa shape index (κ1) is 27.1. The molecule has 4 aromatic rings. The van der Waals surface area contributed by atoms with Crippen molar-refractivity contribution >= 4 is 50.2 Å². The lowest BCUT2D eigenvalue weighted by atomic mass is 9.93. The third-order valence-electron chi connectivity index (χ3n) is 6.83. The summed E-state index contributed by atoms with van der Waals surface area (Å²) in [6.07, 6.45) is 5.37. The van der Waals surface area contributed by atoms with E-state index in [9.17, 15) is 9.59 Å². The zero-order chi connectivity index (χ0) is 27.7. The Kier molecular flexibility index (Phi) is 7.91. The van der Waals surface area contributed by atoms with Gasteiger partial charge in [-0.25, -0.2) is 9.79 Å². The Balaban J connectivity index is 1.82. The van der Waals surface area contributed by atoms with Gasteiger partial charge in [0.05, 0.1) is 29.5 Å². The van der Waals surface area contributed by atoms with E-state index in [0.29, 0.717) is 38.3 Å². The number of nitrogens with zero attached hydrogens (tertiary/aromatic N) is 3. The summed E-state index contributed by atoms with van der Waals surface area (Å²) in [7, 11) is 1.58. The van der Waals surface area contributed by atoms with Gasteiger partial charge in [-0.15, -0.1) is 0 Å². The molecule has 1 aliphatic heterocycles. The maximum absolute atomic E-state index is 14.1. The molecule has 7 nitrogen and oxygen atoms in total. The molecule has 202 valence electrons. The molecular weight excluding hydrogens is 578 g/mol. The van der Waals surface area contributed by atoms with E-state index in [-0.39, 0.29) is 12.2 Å². The molecule has 2 aromatic heterocycles. The lowest BCUT2D eigenvalue weighted by molar-refractivity contribution is -0.139. The molecule has 9 heteroatoms. The largest absolute Gasteiger partial charge is 0.496 e. The number of allylic oxidation sites excluding steroid dienone is 1. The van der Waals surface area contributed by atoms with Crippen molar-refractivity contribution in [2.45, 2.75) is 46.2 Å². The summed E-state index contributed by atoms with van der Waals surface area (Å²) in [5, 5.41) is 1.08. The first-order chi connectivity index (χ1) is 18.9. The lowest BCUT2D eigenvalue weighted by Crippen LogP contribution is -2.40. The molecule has 0 aliphatic carbocycles. The molecule has 5 rings (SSSR count). The number of hydrogen-bond donors (Lipinski definition) is 0. The van der Waals surface area contributed by atoms with E-state index in [1.807, 2.05) is 43.3 Å². The number of aromatic nitrogens is 2. The summed E-state index contributed by atoms with van der Waals surface area (Å²) in [5.74, 6) is 0.0976. The summed E-state index contributed by atoms with van der Waals surface area (Å²) in [6, 6.07) is 13.0. The first-order valence-electron chi connectivity index (χ1n) is 13.0. The van der Waals surface area contributed by atoms with E-state index in [1.54, 1.807) is 18.6 Å². The van der Waals surface area contributed by atoms with E-state index in [2.05, 4.69) is 45.8 Å². The monoisotopic (exact) mass is 607 g/mol. The number of carbonyl (C=O) groups is 1. The van der Waals surface area contributed by atoms with Crippen LogP contribution in [0.1, 0.15) is 50.8 Å². The van der Waals surface area contributed by atoms with Gasteiger partial charge in [-0.05, 0) is 50.6 Å². The van der Waals surface area contributed by atoms with Gasteiger partial charge in [0.1, 0.15) is 11.8 Å². The van der Waals surface area contributed by atoms with Crippen LogP contribution in [-0.4, -0.2) is 28.8 Å². The highest BCUT2D eigenvalue weighted by atomic mass is 79.9. The molecule has 0 spiro atoms. The number of methoxy groups -OCH3 is 1. The highest BCUT2D eigenvalue weighted by molar-refractivity contribution is 9.10. The Morgan fingerprint density at radius 3 is 2.69 bits per heavy atom. The van der Waals surface area contributed by atoms with Crippen LogP contribution in [0, 0.1) is 0 Å². The number of esters is 1. The van der Waals surface area contributed by atoms with Crippen LogP contribution in [0.2, 0.25) is 0 Å². The summed E-state index contributed by atoms with van der Waals surface area (Å²) < 4.78 is 16.4. The second-order valence-electron chi connectivity index (χ2n) is 9.19. The average Bonchev–Trinajstić information content (AvgIpc) is 3.45. The minimum atomic E-state index is -0.742. The molecule has 0 radical (unpaired) electrons. The van der Waals surface area contributed by atoms with Gasteiger partial charge in [0, 0.05) is 39.2 Å². The predicted molar refractivity (Wildman–Crippen MR) is 158 cm³/mol. The maximum Gasteiger partial charge on any atom is 0.338 e. The Hall–Kier alpha value is -3.43. The number of fused-ring (bicyclic) bond motifs is 2. The number of benzene rings is 2. The maximum atomic E-state index is 14.1. The SMILES string of the molecule is CCCC1=C(C(=O)OCC)[C@@H](c2cc(Br)ccc2OC)n2c(s/c(=C/c3cn(CC)c4ccccc34)c2=O)=N1. The van der Waals surface area contributed by atoms with E-state index in [1.165, 1.54) is 11.3 Å². The van der Waals surface area contributed by atoms with E-state index in [4.69, 9.17) is 14.5 Å². The van der Waals surface area contributed by atoms with Crippen LogP contribution in [0.15, 0.2) is 74.2 Å². The fraction of sp³-hybridized carbons (Fsp3) is 0.300. The van der Waals surface area contributed by atoms with Gasteiger partial charge in [0.25, 0.3) is 5.56 Å². The number of hydrogen-bond acceptors (Lipinski definition) is 6. The molecule has 0 bridgehead atoms. The molecule has 2 aromatic carbocycles. The fourth-order valence-electron chi connectivity index (χ4n) is 5.13. The molecule has 39 heavy (non-hydrogen) atoms. The van der Waals surface area contributed by atoms with Crippen LogP contribution in [-0.2, 0) is 16.1 Å². The number of thiazole rings is 1. The van der Waals surface area contributed by atoms with Gasteiger partial charge in [-0.2, -0.15) is 0 Å². The van der Waals surface area contributed by atoms with Crippen molar-refractivity contribution in [3.63, 3.8) is 0 Å². The van der Waals surface area contributed by atoms with Gasteiger partial charge < -0.3 is 14.0 Å². The fourth-order valence-corrected chi connectivity index (χ4v) is 6.52.